The highest BCUT2D eigenvalue weighted by atomic mass is 32.2. The van der Waals surface area contributed by atoms with Crippen molar-refractivity contribution in [3.63, 3.8) is 0 Å². The standard InChI is InChI=1S/C14H22N2O4S/c1-11(2)15-21(19,20)16-13(8-9-14(17)18)10-12-6-4-3-5-7-12/h3-7,11,13,15-16H,8-10H2,1-2H3,(H,17,18). The molecule has 0 saturated heterocycles. The van der Waals surface area contributed by atoms with Gasteiger partial charge in [0.1, 0.15) is 0 Å². The normalized spacial score (nSPS) is 13.3. The fourth-order valence-corrected chi connectivity index (χ4v) is 3.29. The highest BCUT2D eigenvalue weighted by Crippen LogP contribution is 2.09. The van der Waals surface area contributed by atoms with Crippen molar-refractivity contribution in [3.05, 3.63) is 35.9 Å². The van der Waals surface area contributed by atoms with Crippen LogP contribution in [-0.2, 0) is 21.4 Å². The number of rotatable bonds is 9. The van der Waals surface area contributed by atoms with Crippen molar-refractivity contribution < 1.29 is 18.3 Å². The predicted molar refractivity (Wildman–Crippen MR) is 81.1 cm³/mol. The fourth-order valence-electron chi connectivity index (χ4n) is 1.96. The number of aliphatic carboxylic acids is 1. The molecule has 7 heteroatoms. The summed E-state index contributed by atoms with van der Waals surface area (Å²) in [5.41, 5.74) is 0.958. The molecule has 0 aliphatic carbocycles. The molecule has 0 aromatic heterocycles. The first-order valence-electron chi connectivity index (χ1n) is 6.84. The van der Waals surface area contributed by atoms with E-state index in [1.54, 1.807) is 13.8 Å². The van der Waals surface area contributed by atoms with Gasteiger partial charge in [0, 0.05) is 18.5 Å². The SMILES string of the molecule is CC(C)NS(=O)(=O)NC(CCC(=O)O)Cc1ccccc1. The van der Waals surface area contributed by atoms with Crippen molar-refractivity contribution in [1.29, 1.82) is 0 Å². The van der Waals surface area contributed by atoms with Crippen LogP contribution in [0.25, 0.3) is 0 Å². The highest BCUT2D eigenvalue weighted by Gasteiger charge is 2.19. The second-order valence-electron chi connectivity index (χ2n) is 5.21. The zero-order chi connectivity index (χ0) is 15.9. The molecular formula is C14H22N2O4S. The van der Waals surface area contributed by atoms with Gasteiger partial charge >= 0.3 is 5.97 Å². The molecule has 1 rings (SSSR count). The summed E-state index contributed by atoms with van der Waals surface area (Å²) in [4.78, 5) is 10.7. The summed E-state index contributed by atoms with van der Waals surface area (Å²) in [7, 11) is -3.64. The van der Waals surface area contributed by atoms with Crippen LogP contribution >= 0.6 is 0 Å². The summed E-state index contributed by atoms with van der Waals surface area (Å²) in [5, 5.41) is 8.78. The Kier molecular flexibility index (Phi) is 6.80. The molecule has 0 radical (unpaired) electrons. The minimum absolute atomic E-state index is 0.0816. The Morgan fingerprint density at radius 1 is 1.19 bits per heavy atom. The van der Waals surface area contributed by atoms with Crippen LogP contribution in [0.3, 0.4) is 0 Å². The first-order chi connectivity index (χ1) is 9.78. The van der Waals surface area contributed by atoms with E-state index in [0.717, 1.165) is 5.56 Å². The zero-order valence-corrected chi connectivity index (χ0v) is 13.1. The number of nitrogens with one attached hydrogen (secondary N) is 2. The lowest BCUT2D eigenvalue weighted by Gasteiger charge is -2.19. The molecule has 21 heavy (non-hydrogen) atoms. The highest BCUT2D eigenvalue weighted by molar-refractivity contribution is 7.87. The van der Waals surface area contributed by atoms with Gasteiger partial charge in [-0.2, -0.15) is 17.9 Å². The van der Waals surface area contributed by atoms with E-state index in [1.807, 2.05) is 30.3 Å². The van der Waals surface area contributed by atoms with Crippen LogP contribution in [0.1, 0.15) is 32.3 Å². The van der Waals surface area contributed by atoms with E-state index in [1.165, 1.54) is 0 Å². The molecule has 0 spiro atoms. The maximum absolute atomic E-state index is 11.9. The summed E-state index contributed by atoms with van der Waals surface area (Å²) < 4.78 is 28.8. The van der Waals surface area contributed by atoms with Crippen LogP contribution in [0.5, 0.6) is 0 Å². The molecule has 1 aromatic rings. The summed E-state index contributed by atoms with van der Waals surface area (Å²) in [6.07, 6.45) is 0.609. The van der Waals surface area contributed by atoms with Gasteiger partial charge in [0.2, 0.25) is 0 Å². The van der Waals surface area contributed by atoms with Crippen LogP contribution in [-0.4, -0.2) is 31.6 Å². The molecular weight excluding hydrogens is 292 g/mol. The minimum atomic E-state index is -3.64. The van der Waals surface area contributed by atoms with Gasteiger partial charge in [-0.15, -0.1) is 0 Å². The number of carboxylic acid groups (broad SMARTS) is 1. The van der Waals surface area contributed by atoms with Crippen molar-refractivity contribution in [3.8, 4) is 0 Å². The topological polar surface area (TPSA) is 95.5 Å². The van der Waals surface area contributed by atoms with Crippen LogP contribution in [0.15, 0.2) is 30.3 Å². The second-order valence-corrected chi connectivity index (χ2v) is 6.69. The molecule has 6 nitrogen and oxygen atoms in total. The third kappa shape index (κ3) is 7.79. The Labute approximate surface area is 125 Å². The van der Waals surface area contributed by atoms with Gasteiger partial charge in [0.05, 0.1) is 0 Å². The first kappa shape index (κ1) is 17.6. The molecule has 0 heterocycles. The zero-order valence-electron chi connectivity index (χ0n) is 12.2. The molecule has 0 saturated carbocycles. The van der Waals surface area contributed by atoms with Gasteiger partial charge in [-0.3, -0.25) is 4.79 Å². The first-order valence-corrected chi connectivity index (χ1v) is 8.32. The molecule has 0 aliphatic rings. The fraction of sp³-hybridized carbons (Fsp3) is 0.500. The molecule has 3 N–H and O–H groups in total. The average Bonchev–Trinajstić information content (AvgIpc) is 2.35. The summed E-state index contributed by atoms with van der Waals surface area (Å²) in [6, 6.07) is 8.70. The molecule has 0 aliphatic heterocycles. The molecule has 1 aromatic carbocycles. The maximum atomic E-state index is 11.9. The van der Waals surface area contributed by atoms with Crippen molar-refractivity contribution in [1.82, 2.24) is 9.44 Å². The van der Waals surface area contributed by atoms with Crippen molar-refractivity contribution in [2.24, 2.45) is 0 Å². The summed E-state index contributed by atoms with van der Waals surface area (Å²) in [6.45, 7) is 3.45. The third-order valence-corrected chi connectivity index (χ3v) is 4.17. The summed E-state index contributed by atoms with van der Waals surface area (Å²) >= 11 is 0. The number of carbonyl (C=O) groups is 1. The van der Waals surface area contributed by atoms with Crippen LogP contribution in [0, 0.1) is 0 Å². The molecule has 0 bridgehead atoms. The third-order valence-electron chi connectivity index (χ3n) is 2.74. The average molecular weight is 314 g/mol. The summed E-state index contributed by atoms with van der Waals surface area (Å²) in [5.74, 6) is -0.941. The lowest BCUT2D eigenvalue weighted by Crippen LogP contribution is -2.46. The van der Waals surface area contributed by atoms with Crippen molar-refractivity contribution in [2.45, 2.75) is 45.2 Å². The Morgan fingerprint density at radius 3 is 2.33 bits per heavy atom. The van der Waals surface area contributed by atoms with Gasteiger partial charge in [-0.25, -0.2) is 0 Å². The quantitative estimate of drug-likeness (QED) is 0.640. The van der Waals surface area contributed by atoms with Crippen molar-refractivity contribution >= 4 is 16.2 Å². The van der Waals surface area contributed by atoms with E-state index in [4.69, 9.17) is 5.11 Å². The van der Waals surface area contributed by atoms with Crippen LogP contribution < -0.4 is 9.44 Å². The Balaban J connectivity index is 2.74. The minimum Gasteiger partial charge on any atom is -0.481 e. The molecule has 118 valence electrons. The van der Waals surface area contributed by atoms with E-state index in [2.05, 4.69) is 9.44 Å². The lowest BCUT2D eigenvalue weighted by atomic mass is 10.0. The molecule has 1 atom stereocenters. The number of hydrogen-bond donors (Lipinski definition) is 3. The number of benzene rings is 1. The Hall–Kier alpha value is -1.44. The monoisotopic (exact) mass is 314 g/mol. The number of hydrogen-bond acceptors (Lipinski definition) is 3. The second kappa shape index (κ2) is 8.11. The van der Waals surface area contributed by atoms with Gasteiger partial charge in [-0.05, 0) is 32.3 Å². The molecule has 0 fully saturated rings. The molecule has 0 amide bonds. The Bertz CT molecular complexity index is 543. The van der Waals surface area contributed by atoms with Crippen LogP contribution in [0.4, 0.5) is 0 Å². The Morgan fingerprint density at radius 2 is 1.81 bits per heavy atom. The van der Waals surface area contributed by atoms with Gasteiger partial charge < -0.3 is 5.11 Å². The van der Waals surface area contributed by atoms with Gasteiger partial charge in [-0.1, -0.05) is 30.3 Å². The smallest absolute Gasteiger partial charge is 0.303 e. The van der Waals surface area contributed by atoms with E-state index in [9.17, 15) is 13.2 Å². The van der Waals surface area contributed by atoms with E-state index < -0.39 is 22.2 Å². The largest absolute Gasteiger partial charge is 0.481 e. The van der Waals surface area contributed by atoms with Gasteiger partial charge in [0.25, 0.3) is 10.2 Å². The van der Waals surface area contributed by atoms with E-state index in [0.29, 0.717) is 6.42 Å². The van der Waals surface area contributed by atoms with E-state index >= 15 is 0 Å². The van der Waals surface area contributed by atoms with Crippen molar-refractivity contribution in [2.75, 3.05) is 0 Å². The van der Waals surface area contributed by atoms with E-state index in [-0.39, 0.29) is 18.9 Å². The molecule has 1 unspecified atom stereocenters. The lowest BCUT2D eigenvalue weighted by molar-refractivity contribution is -0.137. The maximum Gasteiger partial charge on any atom is 0.303 e. The van der Waals surface area contributed by atoms with Gasteiger partial charge in [0.15, 0.2) is 0 Å². The number of carboxylic acids is 1. The predicted octanol–water partition coefficient (Wildman–Crippen LogP) is 1.29. The van der Waals surface area contributed by atoms with Crippen LogP contribution in [0.2, 0.25) is 0 Å².